The van der Waals surface area contributed by atoms with Crippen molar-refractivity contribution in [2.45, 2.75) is 13.5 Å². The summed E-state index contributed by atoms with van der Waals surface area (Å²) in [5.74, 6) is -1.49. The fourth-order valence-corrected chi connectivity index (χ4v) is 2.72. The lowest BCUT2D eigenvalue weighted by molar-refractivity contribution is -0.136. The molecule has 0 aliphatic rings. The molecule has 3 rings (SSSR count). The molecule has 2 heterocycles. The third kappa shape index (κ3) is 3.37. The van der Waals surface area contributed by atoms with E-state index in [2.05, 4.69) is 15.7 Å². The summed E-state index contributed by atoms with van der Waals surface area (Å²) in [7, 11) is 3.33. The maximum absolute atomic E-state index is 12.0. The van der Waals surface area contributed by atoms with Crippen LogP contribution in [-0.4, -0.2) is 37.3 Å². The Balaban J connectivity index is 1.61. The first-order chi connectivity index (χ1) is 12.4. The molecule has 0 bridgehead atoms. The van der Waals surface area contributed by atoms with Crippen LogP contribution in [0.5, 0.6) is 0 Å². The summed E-state index contributed by atoms with van der Waals surface area (Å²) in [5, 5.41) is 9.30. The summed E-state index contributed by atoms with van der Waals surface area (Å²) in [6.45, 7) is 2.65. The predicted octanol–water partition coefficient (Wildman–Crippen LogP) is 0.137. The Morgan fingerprint density at radius 1 is 1.08 bits per heavy atom. The predicted molar refractivity (Wildman–Crippen MR) is 96.8 cm³/mol. The Hall–Kier alpha value is -3.36. The first-order valence-corrected chi connectivity index (χ1v) is 8.11. The van der Waals surface area contributed by atoms with Crippen LogP contribution in [0.1, 0.15) is 5.69 Å². The van der Waals surface area contributed by atoms with Crippen LogP contribution in [0.25, 0.3) is 11.0 Å². The van der Waals surface area contributed by atoms with Crippen LogP contribution in [0.4, 0.5) is 5.69 Å². The van der Waals surface area contributed by atoms with Gasteiger partial charge in [0.1, 0.15) is 0 Å². The van der Waals surface area contributed by atoms with Gasteiger partial charge in [0.25, 0.3) is 0 Å². The molecule has 0 radical (unpaired) electrons. The molecule has 0 unspecified atom stereocenters. The van der Waals surface area contributed by atoms with E-state index in [0.717, 1.165) is 11.2 Å². The van der Waals surface area contributed by atoms with Crippen LogP contribution in [0, 0.1) is 6.92 Å². The average Bonchev–Trinajstić information content (AvgIpc) is 3.12. The van der Waals surface area contributed by atoms with Crippen molar-refractivity contribution in [2.24, 2.45) is 14.1 Å². The van der Waals surface area contributed by atoms with Gasteiger partial charge in [0, 0.05) is 32.5 Å². The Morgan fingerprint density at radius 3 is 2.50 bits per heavy atom. The van der Waals surface area contributed by atoms with Crippen molar-refractivity contribution in [2.75, 3.05) is 11.9 Å². The number of fused-ring (bicyclic) bond motifs is 1. The van der Waals surface area contributed by atoms with E-state index in [1.54, 1.807) is 43.2 Å². The molecule has 2 amide bonds. The molecular formula is C17H20N6O3. The number of nitrogens with one attached hydrogen (secondary N) is 2. The van der Waals surface area contributed by atoms with E-state index in [1.807, 2.05) is 13.0 Å². The maximum atomic E-state index is 12.0. The second kappa shape index (κ2) is 6.87. The number of aromatic nitrogens is 4. The summed E-state index contributed by atoms with van der Waals surface area (Å²) < 4.78 is 4.69. The fourth-order valence-electron chi connectivity index (χ4n) is 2.72. The summed E-state index contributed by atoms with van der Waals surface area (Å²) >= 11 is 0. The maximum Gasteiger partial charge on any atom is 0.328 e. The minimum Gasteiger partial charge on any atom is -0.346 e. The number of carbonyl (C=O) groups excluding carboxylic acids is 2. The molecule has 0 fully saturated rings. The Kier molecular flexibility index (Phi) is 4.61. The molecular weight excluding hydrogens is 336 g/mol. The van der Waals surface area contributed by atoms with Gasteiger partial charge in [0.05, 0.1) is 23.3 Å². The molecule has 9 heteroatoms. The van der Waals surface area contributed by atoms with Gasteiger partial charge in [0.2, 0.25) is 0 Å². The van der Waals surface area contributed by atoms with Crippen molar-refractivity contribution in [1.29, 1.82) is 0 Å². The molecule has 0 saturated carbocycles. The van der Waals surface area contributed by atoms with Crippen LogP contribution in [0.15, 0.2) is 35.3 Å². The third-order valence-corrected chi connectivity index (χ3v) is 4.14. The minimum atomic E-state index is -0.762. The summed E-state index contributed by atoms with van der Waals surface area (Å²) in [4.78, 5) is 35.9. The first kappa shape index (κ1) is 17.5. The van der Waals surface area contributed by atoms with E-state index < -0.39 is 11.8 Å². The number of benzene rings is 1. The van der Waals surface area contributed by atoms with Crippen LogP contribution in [0.2, 0.25) is 0 Å². The van der Waals surface area contributed by atoms with E-state index in [-0.39, 0.29) is 5.69 Å². The third-order valence-electron chi connectivity index (χ3n) is 4.14. The molecule has 0 saturated heterocycles. The molecule has 2 N–H and O–H groups in total. The molecule has 0 spiro atoms. The second-order valence-electron chi connectivity index (χ2n) is 6.03. The van der Waals surface area contributed by atoms with E-state index in [4.69, 9.17) is 0 Å². The number of aryl methyl sites for hydroxylation is 3. The van der Waals surface area contributed by atoms with Gasteiger partial charge in [-0.2, -0.15) is 5.10 Å². The number of nitrogens with zero attached hydrogens (tertiary/aromatic N) is 4. The Bertz CT molecular complexity index is 1040. The standard InChI is InChI=1S/C17H20N6O3/c1-11-6-8-23(20-11)9-7-18-15(24)16(25)19-12-4-5-13-14(10-12)22(3)17(26)21(13)2/h4-6,8,10H,7,9H2,1-3H3,(H,18,24)(H,19,25). The molecule has 0 aliphatic heterocycles. The molecule has 2 aromatic heterocycles. The highest BCUT2D eigenvalue weighted by molar-refractivity contribution is 6.39. The smallest absolute Gasteiger partial charge is 0.328 e. The SMILES string of the molecule is Cc1ccn(CCNC(=O)C(=O)Nc2ccc3c(c2)n(C)c(=O)n3C)n1. The van der Waals surface area contributed by atoms with Crippen molar-refractivity contribution in [3.8, 4) is 0 Å². The lowest BCUT2D eigenvalue weighted by Crippen LogP contribution is -2.37. The Morgan fingerprint density at radius 2 is 1.81 bits per heavy atom. The number of carbonyl (C=O) groups is 2. The number of hydrogen-bond acceptors (Lipinski definition) is 4. The lowest BCUT2D eigenvalue weighted by Gasteiger charge is -2.07. The van der Waals surface area contributed by atoms with Crippen LogP contribution in [-0.2, 0) is 30.2 Å². The second-order valence-corrected chi connectivity index (χ2v) is 6.03. The van der Waals surface area contributed by atoms with E-state index in [0.29, 0.717) is 24.3 Å². The van der Waals surface area contributed by atoms with Gasteiger partial charge in [-0.05, 0) is 31.2 Å². The van der Waals surface area contributed by atoms with Crippen LogP contribution >= 0.6 is 0 Å². The number of amides is 2. The van der Waals surface area contributed by atoms with Gasteiger partial charge in [-0.15, -0.1) is 0 Å². The highest BCUT2D eigenvalue weighted by Gasteiger charge is 2.15. The Labute approximate surface area is 149 Å². The first-order valence-electron chi connectivity index (χ1n) is 8.11. The molecule has 26 heavy (non-hydrogen) atoms. The monoisotopic (exact) mass is 356 g/mol. The zero-order valence-electron chi connectivity index (χ0n) is 14.8. The zero-order chi connectivity index (χ0) is 18.8. The number of anilines is 1. The van der Waals surface area contributed by atoms with Crippen molar-refractivity contribution in [3.63, 3.8) is 0 Å². The topological polar surface area (TPSA) is 103 Å². The normalized spacial score (nSPS) is 10.9. The molecule has 136 valence electrons. The number of rotatable bonds is 4. The van der Waals surface area contributed by atoms with E-state index in [1.165, 1.54) is 9.13 Å². The van der Waals surface area contributed by atoms with Crippen LogP contribution < -0.4 is 16.3 Å². The minimum absolute atomic E-state index is 0.157. The lowest BCUT2D eigenvalue weighted by atomic mass is 10.2. The zero-order valence-corrected chi connectivity index (χ0v) is 14.8. The quantitative estimate of drug-likeness (QED) is 0.649. The van der Waals surface area contributed by atoms with Crippen molar-refractivity contribution in [3.05, 3.63) is 46.6 Å². The summed E-state index contributed by atoms with van der Waals surface area (Å²) in [6, 6.07) is 6.90. The van der Waals surface area contributed by atoms with Crippen LogP contribution in [0.3, 0.4) is 0 Å². The van der Waals surface area contributed by atoms with E-state index >= 15 is 0 Å². The van der Waals surface area contributed by atoms with E-state index in [9.17, 15) is 14.4 Å². The van der Waals surface area contributed by atoms with Crippen molar-refractivity contribution >= 4 is 28.5 Å². The van der Waals surface area contributed by atoms with Gasteiger partial charge in [0.15, 0.2) is 0 Å². The highest BCUT2D eigenvalue weighted by Crippen LogP contribution is 2.17. The molecule has 9 nitrogen and oxygen atoms in total. The largest absolute Gasteiger partial charge is 0.346 e. The highest BCUT2D eigenvalue weighted by atomic mass is 16.2. The van der Waals surface area contributed by atoms with Gasteiger partial charge in [-0.25, -0.2) is 4.79 Å². The average molecular weight is 356 g/mol. The molecule has 0 atom stereocenters. The van der Waals surface area contributed by atoms with Crippen molar-refractivity contribution in [1.82, 2.24) is 24.2 Å². The molecule has 3 aromatic rings. The molecule has 1 aromatic carbocycles. The van der Waals surface area contributed by atoms with Gasteiger partial charge >= 0.3 is 17.5 Å². The van der Waals surface area contributed by atoms with Gasteiger partial charge < -0.3 is 10.6 Å². The summed E-state index contributed by atoms with van der Waals surface area (Å²) in [5.41, 5.74) is 2.59. The van der Waals surface area contributed by atoms with Gasteiger partial charge in [-0.3, -0.25) is 23.4 Å². The summed E-state index contributed by atoms with van der Waals surface area (Å²) in [6.07, 6.45) is 1.81. The van der Waals surface area contributed by atoms with Crippen molar-refractivity contribution < 1.29 is 9.59 Å². The number of hydrogen-bond donors (Lipinski definition) is 2. The fraction of sp³-hybridized carbons (Fsp3) is 0.294. The van der Waals surface area contributed by atoms with Gasteiger partial charge in [-0.1, -0.05) is 0 Å². The molecule has 0 aliphatic carbocycles. The number of imidazole rings is 1.